The predicted octanol–water partition coefficient (Wildman–Crippen LogP) is 2.08. The molecule has 0 radical (unpaired) electrons. The minimum Gasteiger partial charge on any atom is -0.376 e. The van der Waals surface area contributed by atoms with E-state index in [1.807, 2.05) is 13.8 Å². The molecule has 1 saturated heterocycles. The topological polar surface area (TPSA) is 38.3 Å². The molecule has 0 spiro atoms. The van der Waals surface area contributed by atoms with Crippen LogP contribution in [-0.2, 0) is 9.53 Å². The molecule has 88 valence electrons. The summed E-state index contributed by atoms with van der Waals surface area (Å²) in [5.41, 5.74) is -0.182. The van der Waals surface area contributed by atoms with Gasteiger partial charge in [-0.15, -0.1) is 11.6 Å². The van der Waals surface area contributed by atoms with Gasteiger partial charge in [0, 0.05) is 18.9 Å². The standard InChI is InChI=1S/C11H20ClNO2/c1-9-11(2,6-8-15-9)13-10(14)5-3-4-7-12/h9H,3-8H2,1-2H3,(H,13,14). The first kappa shape index (κ1) is 12.8. The second-order valence-corrected chi connectivity index (χ2v) is 4.75. The molecule has 0 aliphatic carbocycles. The summed E-state index contributed by atoms with van der Waals surface area (Å²) < 4.78 is 5.46. The summed E-state index contributed by atoms with van der Waals surface area (Å²) in [4.78, 5) is 11.6. The highest BCUT2D eigenvalue weighted by molar-refractivity contribution is 6.17. The maximum absolute atomic E-state index is 11.6. The minimum atomic E-state index is -0.182. The number of halogens is 1. The van der Waals surface area contributed by atoms with E-state index in [4.69, 9.17) is 16.3 Å². The van der Waals surface area contributed by atoms with Crippen molar-refractivity contribution in [1.82, 2.24) is 5.32 Å². The van der Waals surface area contributed by atoms with Gasteiger partial charge in [0.1, 0.15) is 0 Å². The van der Waals surface area contributed by atoms with Gasteiger partial charge in [-0.3, -0.25) is 4.79 Å². The number of nitrogens with one attached hydrogen (secondary N) is 1. The number of hydrogen-bond donors (Lipinski definition) is 1. The highest BCUT2D eigenvalue weighted by Gasteiger charge is 2.37. The van der Waals surface area contributed by atoms with Crippen LogP contribution in [0.4, 0.5) is 0 Å². The molecule has 2 atom stereocenters. The average molecular weight is 234 g/mol. The molecular weight excluding hydrogens is 214 g/mol. The van der Waals surface area contributed by atoms with Crippen LogP contribution in [0, 0.1) is 0 Å². The van der Waals surface area contributed by atoms with Crippen molar-refractivity contribution in [1.29, 1.82) is 0 Å². The quantitative estimate of drug-likeness (QED) is 0.583. The van der Waals surface area contributed by atoms with Crippen molar-refractivity contribution in [3.63, 3.8) is 0 Å². The maximum atomic E-state index is 11.6. The first-order valence-corrected chi connectivity index (χ1v) is 6.10. The number of alkyl halides is 1. The summed E-state index contributed by atoms with van der Waals surface area (Å²) in [6.07, 6.45) is 3.33. The molecule has 0 aromatic heterocycles. The molecule has 0 aromatic carbocycles. The molecule has 1 N–H and O–H groups in total. The highest BCUT2D eigenvalue weighted by atomic mass is 35.5. The lowest BCUT2D eigenvalue weighted by Crippen LogP contribution is -2.50. The van der Waals surface area contributed by atoms with Crippen LogP contribution in [0.2, 0.25) is 0 Å². The molecule has 0 bridgehead atoms. The van der Waals surface area contributed by atoms with E-state index in [0.717, 1.165) is 25.9 Å². The van der Waals surface area contributed by atoms with Crippen molar-refractivity contribution in [3.05, 3.63) is 0 Å². The molecule has 1 aliphatic heterocycles. The van der Waals surface area contributed by atoms with Crippen molar-refractivity contribution < 1.29 is 9.53 Å². The van der Waals surface area contributed by atoms with Gasteiger partial charge in [-0.25, -0.2) is 0 Å². The van der Waals surface area contributed by atoms with Crippen LogP contribution in [0.1, 0.15) is 39.5 Å². The van der Waals surface area contributed by atoms with E-state index in [1.54, 1.807) is 0 Å². The van der Waals surface area contributed by atoms with E-state index in [0.29, 0.717) is 12.3 Å². The molecule has 1 heterocycles. The van der Waals surface area contributed by atoms with E-state index in [9.17, 15) is 4.79 Å². The van der Waals surface area contributed by atoms with Gasteiger partial charge in [-0.1, -0.05) is 0 Å². The van der Waals surface area contributed by atoms with Gasteiger partial charge in [-0.2, -0.15) is 0 Å². The van der Waals surface area contributed by atoms with Gasteiger partial charge in [0.2, 0.25) is 5.91 Å². The van der Waals surface area contributed by atoms with Gasteiger partial charge in [0.05, 0.1) is 11.6 Å². The first-order chi connectivity index (χ1) is 7.08. The minimum absolute atomic E-state index is 0.106. The highest BCUT2D eigenvalue weighted by Crippen LogP contribution is 2.25. The maximum Gasteiger partial charge on any atom is 0.220 e. The largest absolute Gasteiger partial charge is 0.376 e. The fraction of sp³-hybridized carbons (Fsp3) is 0.909. The normalized spacial score (nSPS) is 30.5. The van der Waals surface area contributed by atoms with E-state index >= 15 is 0 Å². The monoisotopic (exact) mass is 233 g/mol. The Kier molecular flexibility index (Phi) is 4.87. The molecule has 3 nitrogen and oxygen atoms in total. The van der Waals surface area contributed by atoms with E-state index in [-0.39, 0.29) is 17.6 Å². The van der Waals surface area contributed by atoms with Crippen LogP contribution < -0.4 is 5.32 Å². The van der Waals surface area contributed by atoms with Gasteiger partial charge < -0.3 is 10.1 Å². The third-order valence-electron chi connectivity index (χ3n) is 3.10. The second kappa shape index (κ2) is 5.71. The van der Waals surface area contributed by atoms with Crippen molar-refractivity contribution in [2.24, 2.45) is 0 Å². The summed E-state index contributed by atoms with van der Waals surface area (Å²) in [5.74, 6) is 0.740. The van der Waals surface area contributed by atoms with E-state index in [1.165, 1.54) is 0 Å². The van der Waals surface area contributed by atoms with Crippen molar-refractivity contribution in [2.75, 3.05) is 12.5 Å². The summed E-state index contributed by atoms with van der Waals surface area (Å²) in [5, 5.41) is 3.06. The summed E-state index contributed by atoms with van der Waals surface area (Å²) in [6.45, 7) is 4.79. The SMILES string of the molecule is CC1OCCC1(C)NC(=O)CCCCCl. The number of unbranched alkanes of at least 4 members (excludes halogenated alkanes) is 1. The fourth-order valence-electron chi connectivity index (χ4n) is 1.76. The second-order valence-electron chi connectivity index (χ2n) is 4.37. The molecular formula is C11H20ClNO2. The zero-order valence-corrected chi connectivity index (χ0v) is 10.3. The van der Waals surface area contributed by atoms with Crippen LogP contribution in [0.25, 0.3) is 0 Å². The molecule has 2 unspecified atom stereocenters. The van der Waals surface area contributed by atoms with Crippen LogP contribution in [0.15, 0.2) is 0 Å². The lowest BCUT2D eigenvalue weighted by molar-refractivity contribution is -0.123. The Morgan fingerprint density at radius 1 is 1.60 bits per heavy atom. The number of rotatable bonds is 5. The summed E-state index contributed by atoms with van der Waals surface area (Å²) >= 11 is 5.55. The Morgan fingerprint density at radius 3 is 2.87 bits per heavy atom. The molecule has 1 fully saturated rings. The number of hydrogen-bond acceptors (Lipinski definition) is 2. The van der Waals surface area contributed by atoms with Gasteiger partial charge >= 0.3 is 0 Å². The van der Waals surface area contributed by atoms with E-state index < -0.39 is 0 Å². The number of amides is 1. The van der Waals surface area contributed by atoms with Gasteiger partial charge in [-0.05, 0) is 33.1 Å². The Balaban J connectivity index is 2.30. The number of carbonyl (C=O) groups is 1. The summed E-state index contributed by atoms with van der Waals surface area (Å²) in [6, 6.07) is 0. The Labute approximate surface area is 96.5 Å². The third kappa shape index (κ3) is 3.65. The molecule has 1 aliphatic rings. The molecule has 1 amide bonds. The predicted molar refractivity (Wildman–Crippen MR) is 61.1 cm³/mol. The molecule has 4 heteroatoms. The Morgan fingerprint density at radius 2 is 2.33 bits per heavy atom. The van der Waals surface area contributed by atoms with Crippen LogP contribution in [-0.4, -0.2) is 30.0 Å². The van der Waals surface area contributed by atoms with E-state index in [2.05, 4.69) is 5.32 Å². The molecule has 0 saturated carbocycles. The smallest absolute Gasteiger partial charge is 0.220 e. The van der Waals surface area contributed by atoms with Crippen molar-refractivity contribution >= 4 is 17.5 Å². The lowest BCUT2D eigenvalue weighted by atomic mass is 9.94. The third-order valence-corrected chi connectivity index (χ3v) is 3.37. The lowest BCUT2D eigenvalue weighted by Gasteiger charge is -2.28. The van der Waals surface area contributed by atoms with Crippen LogP contribution in [0.5, 0.6) is 0 Å². The van der Waals surface area contributed by atoms with Gasteiger partial charge in [0.15, 0.2) is 0 Å². The molecule has 1 rings (SSSR count). The Hall–Kier alpha value is -0.280. The van der Waals surface area contributed by atoms with Crippen LogP contribution in [0.3, 0.4) is 0 Å². The number of carbonyl (C=O) groups excluding carboxylic acids is 1. The van der Waals surface area contributed by atoms with Gasteiger partial charge in [0.25, 0.3) is 0 Å². The molecule has 15 heavy (non-hydrogen) atoms. The zero-order valence-electron chi connectivity index (χ0n) is 9.51. The Bertz CT molecular complexity index is 223. The van der Waals surface area contributed by atoms with Crippen molar-refractivity contribution in [3.8, 4) is 0 Å². The summed E-state index contributed by atoms with van der Waals surface area (Å²) in [7, 11) is 0. The number of ether oxygens (including phenoxy) is 1. The zero-order chi connectivity index (χ0) is 11.3. The van der Waals surface area contributed by atoms with Crippen LogP contribution >= 0.6 is 11.6 Å². The van der Waals surface area contributed by atoms with Crippen molar-refractivity contribution in [2.45, 2.75) is 51.2 Å². The first-order valence-electron chi connectivity index (χ1n) is 5.57. The molecule has 0 aromatic rings. The average Bonchev–Trinajstić information content (AvgIpc) is 2.47. The fourth-order valence-corrected chi connectivity index (χ4v) is 1.95.